The van der Waals surface area contributed by atoms with E-state index < -0.39 is 0 Å². The van der Waals surface area contributed by atoms with Crippen molar-refractivity contribution in [2.45, 2.75) is 51.3 Å². The molecule has 1 fully saturated rings. The monoisotopic (exact) mass is 233 g/mol. The standard InChI is InChI=1S/C15H23NO/c1-3-15-11-14(9-10-17-15)16-12(2)13-7-5-4-6-8-13/h4-8,12,14-16H,3,9-11H2,1-2H3/t12-,14?,15?/m0/s1. The highest BCUT2D eigenvalue weighted by atomic mass is 16.5. The predicted octanol–water partition coefficient (Wildman–Crippen LogP) is 3.29. The van der Waals surface area contributed by atoms with Gasteiger partial charge in [0.1, 0.15) is 0 Å². The summed E-state index contributed by atoms with van der Waals surface area (Å²) >= 11 is 0. The van der Waals surface area contributed by atoms with Crippen molar-refractivity contribution < 1.29 is 4.74 Å². The van der Waals surface area contributed by atoms with Crippen molar-refractivity contribution in [3.05, 3.63) is 35.9 Å². The highest BCUT2D eigenvalue weighted by Gasteiger charge is 2.22. The highest BCUT2D eigenvalue weighted by molar-refractivity contribution is 5.18. The van der Waals surface area contributed by atoms with Gasteiger partial charge in [-0.05, 0) is 31.7 Å². The molecule has 2 unspecified atom stereocenters. The smallest absolute Gasteiger partial charge is 0.0587 e. The normalized spacial score (nSPS) is 26.7. The number of hydrogen-bond acceptors (Lipinski definition) is 2. The van der Waals surface area contributed by atoms with Crippen molar-refractivity contribution in [2.24, 2.45) is 0 Å². The van der Waals surface area contributed by atoms with E-state index in [2.05, 4.69) is 49.5 Å². The second-order valence-electron chi connectivity index (χ2n) is 4.92. The fourth-order valence-electron chi connectivity index (χ4n) is 2.51. The van der Waals surface area contributed by atoms with E-state index in [1.54, 1.807) is 0 Å². The van der Waals surface area contributed by atoms with Crippen LogP contribution in [0.25, 0.3) is 0 Å². The molecule has 17 heavy (non-hydrogen) atoms. The average molecular weight is 233 g/mol. The first-order valence-electron chi connectivity index (χ1n) is 6.72. The number of hydrogen-bond donors (Lipinski definition) is 1. The topological polar surface area (TPSA) is 21.3 Å². The molecule has 0 saturated carbocycles. The van der Waals surface area contributed by atoms with Crippen LogP contribution in [-0.2, 0) is 4.74 Å². The summed E-state index contributed by atoms with van der Waals surface area (Å²) in [7, 11) is 0. The van der Waals surface area contributed by atoms with Gasteiger partial charge in [0, 0.05) is 18.7 Å². The maximum Gasteiger partial charge on any atom is 0.0587 e. The zero-order valence-electron chi connectivity index (χ0n) is 10.9. The summed E-state index contributed by atoms with van der Waals surface area (Å²) in [5.41, 5.74) is 1.37. The third-order valence-corrected chi connectivity index (χ3v) is 3.61. The molecule has 1 aliphatic heterocycles. The molecule has 0 spiro atoms. The van der Waals surface area contributed by atoms with Crippen LogP contribution in [0.1, 0.15) is 44.7 Å². The number of ether oxygens (including phenoxy) is 1. The summed E-state index contributed by atoms with van der Waals surface area (Å²) in [6.45, 7) is 5.34. The molecular weight excluding hydrogens is 210 g/mol. The van der Waals surface area contributed by atoms with E-state index in [4.69, 9.17) is 4.74 Å². The van der Waals surface area contributed by atoms with Crippen LogP contribution in [0, 0.1) is 0 Å². The van der Waals surface area contributed by atoms with Crippen molar-refractivity contribution >= 4 is 0 Å². The number of benzene rings is 1. The van der Waals surface area contributed by atoms with Crippen LogP contribution in [0.15, 0.2) is 30.3 Å². The van der Waals surface area contributed by atoms with E-state index in [1.165, 1.54) is 5.56 Å². The van der Waals surface area contributed by atoms with Gasteiger partial charge >= 0.3 is 0 Å². The Morgan fingerprint density at radius 2 is 2.12 bits per heavy atom. The van der Waals surface area contributed by atoms with Crippen LogP contribution >= 0.6 is 0 Å². The molecule has 2 nitrogen and oxygen atoms in total. The van der Waals surface area contributed by atoms with Crippen molar-refractivity contribution in [3.8, 4) is 0 Å². The summed E-state index contributed by atoms with van der Waals surface area (Å²) in [6.07, 6.45) is 3.85. The minimum absolute atomic E-state index is 0.428. The maximum absolute atomic E-state index is 5.70. The molecule has 0 amide bonds. The zero-order valence-corrected chi connectivity index (χ0v) is 10.9. The molecule has 1 saturated heterocycles. The van der Waals surface area contributed by atoms with Crippen LogP contribution in [0.3, 0.4) is 0 Å². The van der Waals surface area contributed by atoms with E-state index in [0.29, 0.717) is 18.2 Å². The lowest BCUT2D eigenvalue weighted by Gasteiger charge is -2.31. The van der Waals surface area contributed by atoms with Gasteiger partial charge in [0.25, 0.3) is 0 Å². The van der Waals surface area contributed by atoms with E-state index >= 15 is 0 Å². The van der Waals surface area contributed by atoms with E-state index in [-0.39, 0.29) is 0 Å². The maximum atomic E-state index is 5.70. The average Bonchev–Trinajstić information content (AvgIpc) is 2.40. The third kappa shape index (κ3) is 3.55. The first-order chi connectivity index (χ1) is 8.29. The fraction of sp³-hybridized carbons (Fsp3) is 0.600. The summed E-state index contributed by atoms with van der Waals surface area (Å²) in [4.78, 5) is 0. The molecule has 1 aliphatic rings. The van der Waals surface area contributed by atoms with Crippen molar-refractivity contribution in [1.82, 2.24) is 5.32 Å². The zero-order chi connectivity index (χ0) is 12.1. The second-order valence-corrected chi connectivity index (χ2v) is 4.92. The van der Waals surface area contributed by atoms with E-state index in [1.807, 2.05) is 0 Å². The Hall–Kier alpha value is -0.860. The molecule has 0 radical (unpaired) electrons. The minimum atomic E-state index is 0.428. The van der Waals surface area contributed by atoms with Gasteiger partial charge in [0.05, 0.1) is 6.10 Å². The first-order valence-corrected chi connectivity index (χ1v) is 6.72. The Morgan fingerprint density at radius 1 is 1.35 bits per heavy atom. The van der Waals surface area contributed by atoms with Gasteiger partial charge in [-0.1, -0.05) is 37.3 Å². The lowest BCUT2D eigenvalue weighted by atomic mass is 9.99. The summed E-state index contributed by atoms with van der Waals surface area (Å²) in [5, 5.41) is 3.72. The molecule has 3 atom stereocenters. The SMILES string of the molecule is CCC1CC(N[C@@H](C)c2ccccc2)CCO1. The molecule has 2 heteroatoms. The summed E-state index contributed by atoms with van der Waals surface area (Å²) in [6, 6.07) is 11.7. The third-order valence-electron chi connectivity index (χ3n) is 3.61. The largest absolute Gasteiger partial charge is 0.378 e. The Morgan fingerprint density at radius 3 is 2.82 bits per heavy atom. The number of rotatable bonds is 4. The lowest BCUT2D eigenvalue weighted by Crippen LogP contribution is -2.39. The molecule has 1 aromatic carbocycles. The van der Waals surface area contributed by atoms with Crippen LogP contribution in [0.2, 0.25) is 0 Å². The van der Waals surface area contributed by atoms with Crippen molar-refractivity contribution in [3.63, 3.8) is 0 Å². The van der Waals surface area contributed by atoms with Crippen LogP contribution in [-0.4, -0.2) is 18.8 Å². The molecule has 1 heterocycles. The Balaban J connectivity index is 1.88. The van der Waals surface area contributed by atoms with Crippen LogP contribution < -0.4 is 5.32 Å². The van der Waals surface area contributed by atoms with Gasteiger partial charge in [-0.15, -0.1) is 0 Å². The Kier molecular flexibility index (Phi) is 4.57. The lowest BCUT2D eigenvalue weighted by molar-refractivity contribution is -0.00165. The summed E-state index contributed by atoms with van der Waals surface area (Å²) in [5.74, 6) is 0. The van der Waals surface area contributed by atoms with Crippen molar-refractivity contribution in [1.29, 1.82) is 0 Å². The molecule has 0 bridgehead atoms. The molecule has 0 aromatic heterocycles. The van der Waals surface area contributed by atoms with Crippen LogP contribution in [0.4, 0.5) is 0 Å². The van der Waals surface area contributed by atoms with Gasteiger partial charge in [0.15, 0.2) is 0 Å². The predicted molar refractivity (Wildman–Crippen MR) is 71.0 cm³/mol. The second kappa shape index (κ2) is 6.18. The first kappa shape index (κ1) is 12.6. The molecule has 0 aliphatic carbocycles. The fourth-order valence-corrected chi connectivity index (χ4v) is 2.51. The van der Waals surface area contributed by atoms with Crippen LogP contribution in [0.5, 0.6) is 0 Å². The van der Waals surface area contributed by atoms with Crippen molar-refractivity contribution in [2.75, 3.05) is 6.61 Å². The van der Waals surface area contributed by atoms with Gasteiger partial charge in [-0.2, -0.15) is 0 Å². The Bertz CT molecular complexity index is 325. The molecule has 94 valence electrons. The van der Waals surface area contributed by atoms with E-state index in [9.17, 15) is 0 Å². The van der Waals surface area contributed by atoms with Gasteiger partial charge in [-0.3, -0.25) is 0 Å². The highest BCUT2D eigenvalue weighted by Crippen LogP contribution is 2.20. The van der Waals surface area contributed by atoms with Gasteiger partial charge in [0.2, 0.25) is 0 Å². The summed E-state index contributed by atoms with van der Waals surface area (Å²) < 4.78 is 5.70. The molecular formula is C15H23NO. The van der Waals surface area contributed by atoms with E-state index in [0.717, 1.165) is 25.9 Å². The molecule has 1 aromatic rings. The van der Waals surface area contributed by atoms with Gasteiger partial charge < -0.3 is 10.1 Å². The number of nitrogens with one attached hydrogen (secondary N) is 1. The Labute approximate surface area is 104 Å². The molecule has 1 N–H and O–H groups in total. The minimum Gasteiger partial charge on any atom is -0.378 e. The molecule has 2 rings (SSSR count). The quantitative estimate of drug-likeness (QED) is 0.861. The van der Waals surface area contributed by atoms with Gasteiger partial charge in [-0.25, -0.2) is 0 Å².